The Kier molecular flexibility index (Phi) is 9.10. The monoisotopic (exact) mass is 406 g/mol. The highest BCUT2D eigenvalue weighted by molar-refractivity contribution is 5.83. The van der Waals surface area contributed by atoms with Crippen LogP contribution in [0.2, 0.25) is 0 Å². The summed E-state index contributed by atoms with van der Waals surface area (Å²) in [6.07, 6.45) is -0.00990. The van der Waals surface area contributed by atoms with Crippen molar-refractivity contribution in [2.75, 3.05) is 33.7 Å². The largest absolute Gasteiger partial charge is 0.459 e. The second-order valence-corrected chi connectivity index (χ2v) is 8.33. The van der Waals surface area contributed by atoms with Crippen LogP contribution in [-0.2, 0) is 14.3 Å². The highest BCUT2D eigenvalue weighted by Crippen LogP contribution is 2.21. The van der Waals surface area contributed by atoms with Gasteiger partial charge in [-0.1, -0.05) is 24.3 Å². The molecule has 3 amide bonds. The zero-order chi connectivity index (χ0) is 22.2. The van der Waals surface area contributed by atoms with E-state index in [1.807, 2.05) is 50.2 Å². The van der Waals surface area contributed by atoms with Gasteiger partial charge < -0.3 is 25.6 Å². The van der Waals surface area contributed by atoms with Gasteiger partial charge in [-0.25, -0.2) is 4.79 Å². The molecule has 8 heteroatoms. The second-order valence-electron chi connectivity index (χ2n) is 8.33. The summed E-state index contributed by atoms with van der Waals surface area (Å²) in [6, 6.07) is 6.18. The second kappa shape index (κ2) is 10.8. The molecule has 0 radical (unpaired) electrons. The number of hydrogen-bond donors (Lipinski definition) is 2. The molecule has 162 valence electrons. The number of rotatable bonds is 9. The summed E-state index contributed by atoms with van der Waals surface area (Å²) in [6.45, 7) is 8.04. The van der Waals surface area contributed by atoms with Crippen molar-refractivity contribution >= 4 is 17.9 Å². The quantitative estimate of drug-likeness (QED) is 0.609. The molecule has 0 bridgehead atoms. The van der Waals surface area contributed by atoms with Crippen molar-refractivity contribution in [1.29, 1.82) is 0 Å². The molecule has 0 aliphatic carbocycles. The van der Waals surface area contributed by atoms with Gasteiger partial charge in [-0.15, -0.1) is 0 Å². The lowest BCUT2D eigenvalue weighted by Gasteiger charge is -2.28. The average Bonchev–Trinajstić information content (AvgIpc) is 2.56. The van der Waals surface area contributed by atoms with Crippen LogP contribution in [0.3, 0.4) is 0 Å². The van der Waals surface area contributed by atoms with Crippen molar-refractivity contribution in [1.82, 2.24) is 15.1 Å². The van der Waals surface area contributed by atoms with Gasteiger partial charge in [-0.05, 0) is 52.9 Å². The first-order valence-electron chi connectivity index (χ1n) is 9.65. The highest BCUT2D eigenvalue weighted by atomic mass is 16.6. The Morgan fingerprint density at radius 3 is 2.28 bits per heavy atom. The number of urea groups is 1. The molecule has 0 heterocycles. The molecule has 0 saturated heterocycles. The Hall–Kier alpha value is -2.61. The number of amides is 3. The zero-order valence-corrected chi connectivity index (χ0v) is 18.3. The van der Waals surface area contributed by atoms with Gasteiger partial charge in [0.1, 0.15) is 12.1 Å². The van der Waals surface area contributed by atoms with E-state index in [1.165, 1.54) is 4.90 Å². The van der Waals surface area contributed by atoms with Crippen molar-refractivity contribution in [2.45, 2.75) is 45.8 Å². The zero-order valence-electron chi connectivity index (χ0n) is 18.3. The van der Waals surface area contributed by atoms with Crippen LogP contribution in [0.5, 0.6) is 0 Å². The molecular weight excluding hydrogens is 372 g/mol. The first-order valence-corrected chi connectivity index (χ1v) is 9.65. The van der Waals surface area contributed by atoms with Crippen molar-refractivity contribution in [3.8, 4) is 0 Å². The number of likely N-dealkylation sites (N-methyl/N-ethyl adjacent to an activating group) is 1. The Morgan fingerprint density at radius 1 is 1.14 bits per heavy atom. The van der Waals surface area contributed by atoms with Gasteiger partial charge in [-0.3, -0.25) is 9.59 Å². The van der Waals surface area contributed by atoms with Crippen molar-refractivity contribution < 1.29 is 19.1 Å². The summed E-state index contributed by atoms with van der Waals surface area (Å²) in [5.74, 6) is -0.736. The lowest BCUT2D eigenvalue weighted by molar-refractivity contribution is -0.159. The van der Waals surface area contributed by atoms with E-state index in [1.54, 1.807) is 20.8 Å². The lowest BCUT2D eigenvalue weighted by Crippen LogP contribution is -2.44. The van der Waals surface area contributed by atoms with Gasteiger partial charge in [0.2, 0.25) is 5.91 Å². The number of hydrogen-bond acceptors (Lipinski definition) is 5. The molecule has 1 rings (SSSR count). The summed E-state index contributed by atoms with van der Waals surface area (Å²) >= 11 is 0. The minimum absolute atomic E-state index is 0.00990. The Bertz CT molecular complexity index is 713. The maximum atomic E-state index is 13.0. The van der Waals surface area contributed by atoms with Gasteiger partial charge in [0.25, 0.3) is 0 Å². The predicted molar refractivity (Wildman–Crippen MR) is 112 cm³/mol. The summed E-state index contributed by atoms with van der Waals surface area (Å²) in [7, 11) is 3.78. The third-order valence-corrected chi connectivity index (χ3v) is 4.17. The predicted octanol–water partition coefficient (Wildman–Crippen LogP) is 1.83. The Labute approximate surface area is 173 Å². The first-order chi connectivity index (χ1) is 13.4. The minimum Gasteiger partial charge on any atom is -0.459 e. The molecular formula is C21H34N4O4. The number of benzene rings is 1. The molecule has 0 fully saturated rings. The maximum absolute atomic E-state index is 13.0. The van der Waals surface area contributed by atoms with E-state index < -0.39 is 23.6 Å². The number of carbonyl (C=O) groups excluding carboxylic acids is 3. The van der Waals surface area contributed by atoms with Crippen molar-refractivity contribution in [2.24, 2.45) is 5.73 Å². The fraction of sp³-hybridized carbons (Fsp3) is 0.571. The van der Waals surface area contributed by atoms with Crippen LogP contribution in [-0.4, -0.2) is 67.0 Å². The van der Waals surface area contributed by atoms with Gasteiger partial charge in [-0.2, -0.15) is 0 Å². The molecule has 8 nitrogen and oxygen atoms in total. The SMILES string of the molecule is Cc1ccccc1C(CC(=O)N(CCN(C)C)CC(=O)OC(C)(C)C)NC(N)=O. The summed E-state index contributed by atoms with van der Waals surface area (Å²) in [5.41, 5.74) is 6.44. The number of nitrogens with one attached hydrogen (secondary N) is 1. The van der Waals surface area contributed by atoms with E-state index in [0.717, 1.165) is 11.1 Å². The van der Waals surface area contributed by atoms with Gasteiger partial charge in [0, 0.05) is 13.1 Å². The van der Waals surface area contributed by atoms with Crippen LogP contribution in [0.25, 0.3) is 0 Å². The summed E-state index contributed by atoms with van der Waals surface area (Å²) in [4.78, 5) is 40.2. The van der Waals surface area contributed by atoms with E-state index in [0.29, 0.717) is 13.1 Å². The number of primary amides is 1. The summed E-state index contributed by atoms with van der Waals surface area (Å²) < 4.78 is 5.36. The Morgan fingerprint density at radius 2 is 1.76 bits per heavy atom. The van der Waals surface area contributed by atoms with E-state index >= 15 is 0 Å². The van der Waals surface area contributed by atoms with Crippen LogP contribution in [0, 0.1) is 6.92 Å². The normalized spacial score (nSPS) is 12.4. The van der Waals surface area contributed by atoms with E-state index in [2.05, 4.69) is 5.32 Å². The van der Waals surface area contributed by atoms with Crippen molar-refractivity contribution in [3.05, 3.63) is 35.4 Å². The lowest BCUT2D eigenvalue weighted by atomic mass is 9.98. The number of nitrogens with zero attached hydrogens (tertiary/aromatic N) is 2. The third kappa shape index (κ3) is 9.43. The molecule has 3 N–H and O–H groups in total. The van der Waals surface area contributed by atoms with E-state index in [9.17, 15) is 14.4 Å². The van der Waals surface area contributed by atoms with Gasteiger partial charge >= 0.3 is 12.0 Å². The molecule has 1 aromatic rings. The van der Waals surface area contributed by atoms with Gasteiger partial charge in [0.15, 0.2) is 0 Å². The van der Waals surface area contributed by atoms with Crippen LogP contribution >= 0.6 is 0 Å². The fourth-order valence-electron chi connectivity index (χ4n) is 2.83. The molecule has 29 heavy (non-hydrogen) atoms. The van der Waals surface area contributed by atoms with E-state index in [-0.39, 0.29) is 18.9 Å². The smallest absolute Gasteiger partial charge is 0.326 e. The summed E-state index contributed by atoms with van der Waals surface area (Å²) in [5, 5.41) is 2.64. The topological polar surface area (TPSA) is 105 Å². The highest BCUT2D eigenvalue weighted by Gasteiger charge is 2.26. The van der Waals surface area contributed by atoms with Crippen LogP contribution in [0.4, 0.5) is 4.79 Å². The molecule has 0 aliphatic rings. The number of carbonyl (C=O) groups is 3. The molecule has 1 atom stereocenters. The maximum Gasteiger partial charge on any atom is 0.326 e. The first kappa shape index (κ1) is 24.4. The third-order valence-electron chi connectivity index (χ3n) is 4.17. The molecule has 0 saturated carbocycles. The molecule has 1 aromatic carbocycles. The van der Waals surface area contributed by atoms with E-state index in [4.69, 9.17) is 10.5 Å². The minimum atomic E-state index is -0.710. The fourth-order valence-corrected chi connectivity index (χ4v) is 2.83. The van der Waals surface area contributed by atoms with Crippen LogP contribution in [0.1, 0.15) is 44.4 Å². The van der Waals surface area contributed by atoms with Crippen molar-refractivity contribution in [3.63, 3.8) is 0 Å². The number of aryl methyl sites for hydroxylation is 1. The van der Waals surface area contributed by atoms with Crippen LogP contribution in [0.15, 0.2) is 24.3 Å². The van der Waals surface area contributed by atoms with Crippen LogP contribution < -0.4 is 11.1 Å². The molecule has 0 aliphatic heterocycles. The molecule has 0 aromatic heterocycles. The number of esters is 1. The van der Waals surface area contributed by atoms with Gasteiger partial charge in [0.05, 0.1) is 12.5 Å². The Balaban J connectivity index is 3.00. The standard InChI is InChI=1S/C21H34N4O4/c1-15-9-7-8-10-16(15)17(23-20(22)28)13-18(26)25(12-11-24(5)6)14-19(27)29-21(2,3)4/h7-10,17H,11-14H2,1-6H3,(H3,22,23,28). The average molecular weight is 407 g/mol. The molecule has 0 spiro atoms. The number of ether oxygens (including phenoxy) is 1. The molecule has 1 unspecified atom stereocenters. The number of nitrogens with two attached hydrogens (primary N) is 1.